The first-order valence-corrected chi connectivity index (χ1v) is 9.35. The Balaban J connectivity index is 1.55. The summed E-state index contributed by atoms with van der Waals surface area (Å²) in [6, 6.07) is 11.0. The summed E-state index contributed by atoms with van der Waals surface area (Å²) in [4.78, 5) is 20.9. The molecule has 0 saturated heterocycles. The van der Waals surface area contributed by atoms with Crippen molar-refractivity contribution in [1.82, 2.24) is 15.3 Å². The van der Waals surface area contributed by atoms with Crippen LogP contribution in [0.1, 0.15) is 29.9 Å². The van der Waals surface area contributed by atoms with E-state index in [-0.39, 0.29) is 5.91 Å². The lowest BCUT2D eigenvalue weighted by Gasteiger charge is -2.09. The molecule has 0 fully saturated rings. The van der Waals surface area contributed by atoms with Gasteiger partial charge in [-0.05, 0) is 42.3 Å². The highest BCUT2D eigenvalue weighted by Crippen LogP contribution is 2.22. The van der Waals surface area contributed by atoms with Gasteiger partial charge in [0.2, 0.25) is 0 Å². The van der Waals surface area contributed by atoms with E-state index in [0.717, 1.165) is 22.0 Å². The highest BCUT2D eigenvalue weighted by Gasteiger charge is 2.09. The lowest BCUT2D eigenvalue weighted by molar-refractivity contribution is 0.0950. The Labute approximate surface area is 157 Å². The Morgan fingerprint density at radius 1 is 1.15 bits per heavy atom. The van der Waals surface area contributed by atoms with Crippen LogP contribution in [-0.2, 0) is 6.54 Å². The van der Waals surface area contributed by atoms with Crippen LogP contribution in [0.25, 0.3) is 10.6 Å². The number of benzene rings is 1. The van der Waals surface area contributed by atoms with Crippen molar-refractivity contribution in [2.45, 2.75) is 20.4 Å². The van der Waals surface area contributed by atoms with Crippen molar-refractivity contribution in [3.05, 3.63) is 65.4 Å². The molecule has 5 nitrogen and oxygen atoms in total. The molecule has 0 unspecified atom stereocenters. The fraction of sp³-hybridized carbons (Fsp3) is 0.250. The zero-order chi connectivity index (χ0) is 18.4. The van der Waals surface area contributed by atoms with Crippen molar-refractivity contribution >= 4 is 17.2 Å². The lowest BCUT2D eigenvalue weighted by atomic mass is 10.2. The van der Waals surface area contributed by atoms with Gasteiger partial charge in [-0.25, -0.2) is 4.98 Å². The van der Waals surface area contributed by atoms with Gasteiger partial charge in [0, 0.05) is 28.9 Å². The van der Waals surface area contributed by atoms with E-state index in [1.165, 1.54) is 0 Å². The summed E-state index contributed by atoms with van der Waals surface area (Å²) in [5.74, 6) is 1.11. The van der Waals surface area contributed by atoms with Crippen LogP contribution in [0, 0.1) is 5.92 Å². The van der Waals surface area contributed by atoms with Gasteiger partial charge in [0.05, 0.1) is 18.8 Å². The molecular weight excluding hydrogens is 346 g/mol. The summed E-state index contributed by atoms with van der Waals surface area (Å²) in [5, 5.41) is 5.78. The molecule has 134 valence electrons. The minimum atomic E-state index is -0.126. The summed E-state index contributed by atoms with van der Waals surface area (Å²) in [7, 11) is 0. The molecular formula is C20H21N3O2S. The highest BCUT2D eigenvalue weighted by molar-refractivity contribution is 7.13. The number of nitrogens with zero attached hydrogens (tertiary/aromatic N) is 2. The number of ether oxygens (including phenoxy) is 1. The Morgan fingerprint density at radius 3 is 2.58 bits per heavy atom. The number of amides is 1. The van der Waals surface area contributed by atoms with Crippen molar-refractivity contribution in [1.29, 1.82) is 0 Å². The maximum Gasteiger partial charge on any atom is 0.251 e. The molecule has 3 aromatic rings. The van der Waals surface area contributed by atoms with Gasteiger partial charge in [0.15, 0.2) is 0 Å². The highest BCUT2D eigenvalue weighted by atomic mass is 32.1. The van der Waals surface area contributed by atoms with E-state index in [9.17, 15) is 4.79 Å². The van der Waals surface area contributed by atoms with E-state index in [1.807, 2.05) is 29.6 Å². The lowest BCUT2D eigenvalue weighted by Crippen LogP contribution is -2.22. The maximum absolute atomic E-state index is 12.3. The van der Waals surface area contributed by atoms with E-state index in [1.54, 1.807) is 35.9 Å². The van der Waals surface area contributed by atoms with Crippen LogP contribution < -0.4 is 10.1 Å². The first kappa shape index (κ1) is 18.1. The number of thiazole rings is 1. The van der Waals surface area contributed by atoms with Crippen molar-refractivity contribution in [2.24, 2.45) is 5.92 Å². The van der Waals surface area contributed by atoms with E-state index in [2.05, 4.69) is 29.1 Å². The van der Waals surface area contributed by atoms with Gasteiger partial charge >= 0.3 is 0 Å². The van der Waals surface area contributed by atoms with Crippen LogP contribution in [0.2, 0.25) is 0 Å². The number of aromatic nitrogens is 2. The van der Waals surface area contributed by atoms with Crippen LogP contribution in [0.15, 0.2) is 54.2 Å². The maximum atomic E-state index is 12.3. The van der Waals surface area contributed by atoms with Crippen molar-refractivity contribution < 1.29 is 9.53 Å². The number of nitrogens with one attached hydrogen (secondary N) is 1. The number of hydrogen-bond donors (Lipinski definition) is 1. The molecule has 0 radical (unpaired) electrons. The molecule has 2 heterocycles. The Bertz CT molecular complexity index is 845. The van der Waals surface area contributed by atoms with Gasteiger partial charge in [-0.3, -0.25) is 9.78 Å². The van der Waals surface area contributed by atoms with Crippen LogP contribution in [0.5, 0.6) is 5.75 Å². The topological polar surface area (TPSA) is 64.1 Å². The van der Waals surface area contributed by atoms with Gasteiger partial charge in [-0.2, -0.15) is 0 Å². The Hall–Kier alpha value is -2.73. The van der Waals surface area contributed by atoms with Crippen LogP contribution in [0.4, 0.5) is 0 Å². The fourth-order valence-electron chi connectivity index (χ4n) is 2.25. The fourth-order valence-corrected chi connectivity index (χ4v) is 3.08. The van der Waals surface area contributed by atoms with E-state index >= 15 is 0 Å². The first-order chi connectivity index (χ1) is 12.6. The molecule has 0 atom stereocenters. The van der Waals surface area contributed by atoms with Crippen LogP contribution in [-0.4, -0.2) is 22.5 Å². The normalized spacial score (nSPS) is 10.7. The average Bonchev–Trinajstić information content (AvgIpc) is 3.14. The second kappa shape index (κ2) is 8.58. The van der Waals surface area contributed by atoms with Crippen molar-refractivity contribution in [3.8, 4) is 16.3 Å². The molecule has 3 rings (SSSR count). The van der Waals surface area contributed by atoms with Crippen LogP contribution >= 0.6 is 11.3 Å². The SMILES string of the molecule is CC(C)COc1ccc(C(=O)NCc2csc(-c3ccncc3)n2)cc1. The predicted octanol–water partition coefficient (Wildman–Crippen LogP) is 4.17. The molecule has 1 aromatic carbocycles. The smallest absolute Gasteiger partial charge is 0.251 e. The molecule has 6 heteroatoms. The van der Waals surface area contributed by atoms with Gasteiger partial charge in [-0.15, -0.1) is 11.3 Å². The van der Waals surface area contributed by atoms with Gasteiger partial charge < -0.3 is 10.1 Å². The second-order valence-electron chi connectivity index (χ2n) is 6.29. The zero-order valence-corrected chi connectivity index (χ0v) is 15.6. The molecule has 0 saturated carbocycles. The summed E-state index contributed by atoms with van der Waals surface area (Å²) in [6.07, 6.45) is 3.49. The predicted molar refractivity (Wildman–Crippen MR) is 103 cm³/mol. The third kappa shape index (κ3) is 4.89. The molecule has 26 heavy (non-hydrogen) atoms. The minimum Gasteiger partial charge on any atom is -0.493 e. The monoisotopic (exact) mass is 367 g/mol. The Kier molecular flexibility index (Phi) is 5.96. The molecule has 0 aliphatic heterocycles. The van der Waals surface area contributed by atoms with Crippen LogP contribution in [0.3, 0.4) is 0 Å². The second-order valence-corrected chi connectivity index (χ2v) is 7.15. The number of hydrogen-bond acceptors (Lipinski definition) is 5. The molecule has 0 spiro atoms. The molecule has 0 bridgehead atoms. The van der Waals surface area contributed by atoms with E-state index in [4.69, 9.17) is 4.74 Å². The summed E-state index contributed by atoms with van der Waals surface area (Å²) >= 11 is 1.55. The Morgan fingerprint density at radius 2 is 1.88 bits per heavy atom. The molecule has 0 aliphatic carbocycles. The number of carbonyl (C=O) groups is 1. The van der Waals surface area contributed by atoms with Crippen molar-refractivity contribution in [2.75, 3.05) is 6.61 Å². The summed E-state index contributed by atoms with van der Waals surface area (Å²) < 4.78 is 5.63. The van der Waals surface area contributed by atoms with E-state index in [0.29, 0.717) is 24.6 Å². The molecule has 1 amide bonds. The first-order valence-electron chi connectivity index (χ1n) is 8.47. The van der Waals surface area contributed by atoms with Gasteiger partial charge in [0.1, 0.15) is 10.8 Å². The zero-order valence-electron chi connectivity index (χ0n) is 14.8. The number of rotatable bonds is 7. The number of pyridine rings is 1. The molecule has 0 aliphatic rings. The third-order valence-electron chi connectivity index (χ3n) is 3.61. The molecule has 2 aromatic heterocycles. The van der Waals surface area contributed by atoms with Gasteiger partial charge in [0.25, 0.3) is 5.91 Å². The number of carbonyl (C=O) groups excluding carboxylic acids is 1. The quantitative estimate of drug-likeness (QED) is 0.681. The largest absolute Gasteiger partial charge is 0.493 e. The third-order valence-corrected chi connectivity index (χ3v) is 4.55. The van der Waals surface area contributed by atoms with E-state index < -0.39 is 0 Å². The summed E-state index contributed by atoms with van der Waals surface area (Å²) in [5.41, 5.74) is 2.47. The average molecular weight is 367 g/mol. The van der Waals surface area contributed by atoms with Gasteiger partial charge in [-0.1, -0.05) is 13.8 Å². The molecule has 1 N–H and O–H groups in total. The standard InChI is InChI=1S/C20H21N3O2S/c1-14(2)12-25-18-5-3-15(4-6-18)19(24)22-11-17-13-26-20(23-17)16-7-9-21-10-8-16/h3-10,13-14H,11-12H2,1-2H3,(H,22,24). The minimum absolute atomic E-state index is 0.126. The summed E-state index contributed by atoms with van der Waals surface area (Å²) in [6.45, 7) is 5.25. The van der Waals surface area contributed by atoms with Crippen molar-refractivity contribution in [3.63, 3.8) is 0 Å².